The maximum absolute atomic E-state index is 11.6. The zero-order valence-corrected chi connectivity index (χ0v) is 10.5. The summed E-state index contributed by atoms with van der Waals surface area (Å²) in [6, 6.07) is 3.11. The lowest BCUT2D eigenvalue weighted by Gasteiger charge is -2.02. The van der Waals surface area contributed by atoms with E-state index in [2.05, 4.69) is 4.72 Å². The van der Waals surface area contributed by atoms with E-state index in [-0.39, 0.29) is 22.2 Å². The Kier molecular flexibility index (Phi) is 4.37. The van der Waals surface area contributed by atoms with Crippen LogP contribution in [0.5, 0.6) is 0 Å². The average Bonchev–Trinajstić information content (AvgIpc) is 2.46. The molecule has 0 amide bonds. The van der Waals surface area contributed by atoms with Crippen molar-refractivity contribution in [2.75, 3.05) is 6.54 Å². The average molecular weight is 285 g/mol. The summed E-state index contributed by atoms with van der Waals surface area (Å²) in [5.41, 5.74) is 0. The second-order valence-electron chi connectivity index (χ2n) is 2.49. The molecule has 82 valence electrons. The van der Waals surface area contributed by atoms with E-state index in [1.807, 2.05) is 6.07 Å². The first-order valence-electron chi connectivity index (χ1n) is 3.79. The standard InChI is InChI=1S/C7H6Cl2N2O2S2/c8-6-4-5(7(9)14-6)15(12,13)11-3-1-2-10/h4,11H,1,3H2. The molecule has 4 nitrogen and oxygen atoms in total. The Labute approximate surface area is 101 Å². The highest BCUT2D eigenvalue weighted by atomic mass is 35.5. The highest BCUT2D eigenvalue weighted by molar-refractivity contribution is 7.89. The number of halogens is 2. The second-order valence-corrected chi connectivity index (χ2v) is 6.52. The number of thiophene rings is 1. The Morgan fingerprint density at radius 2 is 2.20 bits per heavy atom. The van der Waals surface area contributed by atoms with Gasteiger partial charge in [-0.2, -0.15) is 5.26 Å². The highest BCUT2D eigenvalue weighted by Crippen LogP contribution is 2.33. The molecule has 1 aromatic rings. The number of hydrogen-bond donors (Lipinski definition) is 1. The lowest BCUT2D eigenvalue weighted by atomic mass is 10.5. The van der Waals surface area contributed by atoms with E-state index in [0.717, 1.165) is 11.3 Å². The van der Waals surface area contributed by atoms with E-state index in [9.17, 15) is 8.42 Å². The molecule has 8 heteroatoms. The molecule has 0 aromatic carbocycles. The predicted octanol–water partition coefficient (Wildman–Crippen LogP) is 2.25. The second kappa shape index (κ2) is 5.14. The van der Waals surface area contributed by atoms with Gasteiger partial charge in [0.25, 0.3) is 0 Å². The quantitative estimate of drug-likeness (QED) is 0.862. The smallest absolute Gasteiger partial charge is 0.210 e. The zero-order chi connectivity index (χ0) is 11.5. The molecule has 1 aromatic heterocycles. The third kappa shape index (κ3) is 3.33. The van der Waals surface area contributed by atoms with E-state index in [1.54, 1.807) is 0 Å². The molecule has 0 saturated heterocycles. The number of nitrogens with zero attached hydrogens (tertiary/aromatic N) is 1. The summed E-state index contributed by atoms with van der Waals surface area (Å²) in [6.45, 7) is 0.0582. The van der Waals surface area contributed by atoms with Crippen molar-refractivity contribution in [2.45, 2.75) is 11.3 Å². The van der Waals surface area contributed by atoms with Gasteiger partial charge in [0.2, 0.25) is 10.0 Å². The molecule has 1 rings (SSSR count). The van der Waals surface area contributed by atoms with Crippen LogP contribution >= 0.6 is 34.5 Å². The van der Waals surface area contributed by atoms with Gasteiger partial charge in [-0.25, -0.2) is 13.1 Å². The van der Waals surface area contributed by atoms with Crippen LogP contribution in [0, 0.1) is 11.3 Å². The highest BCUT2D eigenvalue weighted by Gasteiger charge is 2.20. The van der Waals surface area contributed by atoms with Crippen LogP contribution in [0.3, 0.4) is 0 Å². The van der Waals surface area contributed by atoms with Crippen molar-refractivity contribution >= 4 is 44.6 Å². The molecule has 0 aliphatic carbocycles. The fourth-order valence-corrected chi connectivity index (χ4v) is 4.01. The maximum atomic E-state index is 11.6. The van der Waals surface area contributed by atoms with Crippen molar-refractivity contribution in [1.29, 1.82) is 5.26 Å². The fraction of sp³-hybridized carbons (Fsp3) is 0.286. The maximum Gasteiger partial charge on any atom is 0.242 e. The van der Waals surface area contributed by atoms with E-state index in [1.165, 1.54) is 6.07 Å². The van der Waals surface area contributed by atoms with Gasteiger partial charge in [-0.3, -0.25) is 0 Å². The summed E-state index contributed by atoms with van der Waals surface area (Å²) in [6.07, 6.45) is 0.106. The molecule has 1 N–H and O–H groups in total. The molecule has 0 spiro atoms. The van der Waals surface area contributed by atoms with E-state index in [4.69, 9.17) is 28.5 Å². The molecule has 0 aliphatic rings. The van der Waals surface area contributed by atoms with Crippen molar-refractivity contribution in [2.24, 2.45) is 0 Å². The van der Waals surface area contributed by atoms with E-state index >= 15 is 0 Å². The van der Waals surface area contributed by atoms with Gasteiger partial charge in [0, 0.05) is 13.0 Å². The minimum Gasteiger partial charge on any atom is -0.210 e. The number of nitrogens with one attached hydrogen (secondary N) is 1. The van der Waals surface area contributed by atoms with Crippen LogP contribution in [0.15, 0.2) is 11.0 Å². The van der Waals surface area contributed by atoms with Crippen molar-refractivity contribution in [3.8, 4) is 6.07 Å². The molecule has 0 saturated carbocycles. The largest absolute Gasteiger partial charge is 0.242 e. The molecule has 0 atom stereocenters. The number of nitriles is 1. The summed E-state index contributed by atoms with van der Waals surface area (Å²) >= 11 is 12.3. The van der Waals surface area contributed by atoms with E-state index < -0.39 is 10.0 Å². The van der Waals surface area contributed by atoms with Crippen molar-refractivity contribution in [3.05, 3.63) is 14.7 Å². The lowest BCUT2D eigenvalue weighted by molar-refractivity contribution is 0.583. The molecule has 0 unspecified atom stereocenters. The first-order chi connectivity index (χ1) is 6.97. The van der Waals surface area contributed by atoms with Crippen LogP contribution in [-0.4, -0.2) is 15.0 Å². The Hall–Kier alpha value is -0.320. The van der Waals surface area contributed by atoms with Gasteiger partial charge in [0.1, 0.15) is 9.23 Å². The molecule has 15 heavy (non-hydrogen) atoms. The summed E-state index contributed by atoms with van der Waals surface area (Å²) in [5.74, 6) is 0. The topological polar surface area (TPSA) is 70.0 Å². The summed E-state index contributed by atoms with van der Waals surface area (Å²) in [4.78, 5) is -0.0443. The first-order valence-corrected chi connectivity index (χ1v) is 6.84. The van der Waals surface area contributed by atoms with Crippen LogP contribution < -0.4 is 4.72 Å². The summed E-state index contributed by atoms with van der Waals surface area (Å²) in [5, 5.41) is 8.26. The van der Waals surface area contributed by atoms with Gasteiger partial charge in [-0.15, -0.1) is 11.3 Å². The molecular formula is C7H6Cl2N2O2S2. The minimum absolute atomic E-state index is 0.0443. The Balaban J connectivity index is 2.87. The van der Waals surface area contributed by atoms with Crippen molar-refractivity contribution in [1.82, 2.24) is 4.72 Å². The lowest BCUT2D eigenvalue weighted by Crippen LogP contribution is -2.24. The molecule has 0 radical (unpaired) electrons. The predicted molar refractivity (Wildman–Crippen MR) is 59.8 cm³/mol. The van der Waals surface area contributed by atoms with Crippen LogP contribution in [0.2, 0.25) is 8.67 Å². The Morgan fingerprint density at radius 1 is 1.53 bits per heavy atom. The van der Waals surface area contributed by atoms with Gasteiger partial charge in [-0.1, -0.05) is 23.2 Å². The van der Waals surface area contributed by atoms with Gasteiger partial charge in [0.15, 0.2) is 0 Å². The number of sulfonamides is 1. The number of rotatable bonds is 4. The van der Waals surface area contributed by atoms with Crippen LogP contribution in [0.1, 0.15) is 6.42 Å². The molecular weight excluding hydrogens is 279 g/mol. The van der Waals surface area contributed by atoms with Crippen LogP contribution in [-0.2, 0) is 10.0 Å². The van der Waals surface area contributed by atoms with Gasteiger partial charge in [-0.05, 0) is 6.07 Å². The monoisotopic (exact) mass is 284 g/mol. The van der Waals surface area contributed by atoms with Gasteiger partial charge < -0.3 is 0 Å². The van der Waals surface area contributed by atoms with Crippen molar-refractivity contribution < 1.29 is 8.42 Å². The minimum atomic E-state index is -3.65. The molecule has 1 heterocycles. The zero-order valence-electron chi connectivity index (χ0n) is 7.33. The van der Waals surface area contributed by atoms with Crippen LogP contribution in [0.4, 0.5) is 0 Å². The molecule has 0 aliphatic heterocycles. The number of hydrogen-bond acceptors (Lipinski definition) is 4. The third-order valence-electron chi connectivity index (χ3n) is 1.44. The van der Waals surface area contributed by atoms with Crippen LogP contribution in [0.25, 0.3) is 0 Å². The third-order valence-corrected chi connectivity index (χ3v) is 4.66. The SMILES string of the molecule is N#CCCNS(=O)(=O)c1cc(Cl)sc1Cl. The normalized spacial score (nSPS) is 11.3. The van der Waals surface area contributed by atoms with Gasteiger partial charge >= 0.3 is 0 Å². The molecule has 0 bridgehead atoms. The first kappa shape index (κ1) is 12.7. The molecule has 0 fully saturated rings. The summed E-state index contributed by atoms with van der Waals surface area (Å²) < 4.78 is 25.8. The van der Waals surface area contributed by atoms with Crippen molar-refractivity contribution in [3.63, 3.8) is 0 Å². The van der Waals surface area contributed by atoms with Gasteiger partial charge in [0.05, 0.1) is 10.4 Å². The summed E-state index contributed by atoms with van der Waals surface area (Å²) in [7, 11) is -3.65. The Bertz CT molecular complexity index is 490. The fourth-order valence-electron chi connectivity index (χ4n) is 0.827. The van der Waals surface area contributed by atoms with E-state index in [0.29, 0.717) is 4.34 Å². The Morgan fingerprint density at radius 3 is 2.67 bits per heavy atom.